The Morgan fingerprint density at radius 3 is 3.07 bits per heavy atom. The Kier molecular flexibility index (Phi) is 3.37. The van der Waals surface area contributed by atoms with Gasteiger partial charge in [0.25, 0.3) is 0 Å². The number of rotatable bonds is 5. The van der Waals surface area contributed by atoms with Crippen LogP contribution in [0.4, 0.5) is 5.95 Å². The second-order valence-electron chi connectivity index (χ2n) is 3.82. The fourth-order valence-electron chi connectivity index (χ4n) is 1.39. The van der Waals surface area contributed by atoms with Gasteiger partial charge in [-0.05, 0) is 25.7 Å². The highest BCUT2D eigenvalue weighted by molar-refractivity contribution is 5.27. The zero-order chi connectivity index (χ0) is 10.5. The molecule has 0 spiro atoms. The van der Waals surface area contributed by atoms with Crippen LogP contribution in [0.2, 0.25) is 0 Å². The van der Waals surface area contributed by atoms with Crippen LogP contribution >= 0.6 is 0 Å². The number of aromatic nitrogens is 2. The highest BCUT2D eigenvalue weighted by atomic mass is 16.5. The molecule has 0 aliphatic heterocycles. The molecule has 1 N–H and O–H groups in total. The first-order valence-electron chi connectivity index (χ1n) is 5.62. The lowest BCUT2D eigenvalue weighted by molar-refractivity contribution is 0.114. The van der Waals surface area contributed by atoms with Gasteiger partial charge in [-0.2, -0.15) is 4.98 Å². The van der Waals surface area contributed by atoms with Crippen LogP contribution in [0.1, 0.15) is 32.6 Å². The summed E-state index contributed by atoms with van der Waals surface area (Å²) in [5.41, 5.74) is 0. The van der Waals surface area contributed by atoms with Crippen LogP contribution in [0.25, 0.3) is 0 Å². The maximum atomic E-state index is 5.68. The van der Waals surface area contributed by atoms with Gasteiger partial charge in [0, 0.05) is 18.8 Å². The Morgan fingerprint density at radius 2 is 2.40 bits per heavy atom. The molecule has 1 heterocycles. The maximum Gasteiger partial charge on any atom is 0.225 e. The van der Waals surface area contributed by atoms with E-state index in [2.05, 4.69) is 22.2 Å². The predicted molar refractivity (Wildman–Crippen MR) is 59.1 cm³/mol. The zero-order valence-electron chi connectivity index (χ0n) is 9.07. The average Bonchev–Trinajstić information content (AvgIpc) is 2.21. The van der Waals surface area contributed by atoms with Crippen molar-refractivity contribution >= 4 is 5.95 Å². The lowest BCUT2D eigenvalue weighted by atomic mass is 9.96. The minimum absolute atomic E-state index is 0.374. The molecule has 1 aliphatic carbocycles. The summed E-state index contributed by atoms with van der Waals surface area (Å²) in [6, 6.07) is 1.81. The molecule has 0 atom stereocenters. The Balaban J connectivity index is 1.92. The van der Waals surface area contributed by atoms with Crippen LogP contribution in [0.3, 0.4) is 0 Å². The Bertz CT molecular complexity index is 312. The molecule has 0 unspecified atom stereocenters. The average molecular weight is 207 g/mol. The van der Waals surface area contributed by atoms with E-state index in [0.29, 0.717) is 17.9 Å². The van der Waals surface area contributed by atoms with Crippen LogP contribution in [0.15, 0.2) is 12.3 Å². The summed E-state index contributed by atoms with van der Waals surface area (Å²) in [6.45, 7) is 3.01. The molecule has 0 radical (unpaired) electrons. The number of nitrogens with zero attached hydrogens (tertiary/aromatic N) is 2. The molecule has 1 aliphatic rings. The van der Waals surface area contributed by atoms with Crippen molar-refractivity contribution in [2.24, 2.45) is 0 Å². The summed E-state index contributed by atoms with van der Waals surface area (Å²) in [5.74, 6) is 1.35. The van der Waals surface area contributed by atoms with Crippen LogP contribution in [0, 0.1) is 0 Å². The third kappa shape index (κ3) is 2.81. The summed E-state index contributed by atoms with van der Waals surface area (Å²) in [7, 11) is 0. The van der Waals surface area contributed by atoms with E-state index in [1.807, 2.05) is 6.07 Å². The fraction of sp³-hybridized carbons (Fsp3) is 0.636. The molecule has 1 aromatic rings. The molecule has 0 saturated heterocycles. The molecule has 1 fully saturated rings. The van der Waals surface area contributed by atoms with Crippen LogP contribution in [-0.4, -0.2) is 22.6 Å². The van der Waals surface area contributed by atoms with Crippen molar-refractivity contribution in [1.82, 2.24) is 9.97 Å². The Hall–Kier alpha value is -1.32. The van der Waals surface area contributed by atoms with Gasteiger partial charge in [0.1, 0.15) is 6.10 Å². The Labute approximate surface area is 90.1 Å². The van der Waals surface area contributed by atoms with Gasteiger partial charge in [-0.3, -0.25) is 0 Å². The zero-order valence-corrected chi connectivity index (χ0v) is 9.07. The van der Waals surface area contributed by atoms with Gasteiger partial charge < -0.3 is 10.1 Å². The standard InChI is InChI=1S/C11H17N3O/c1-2-7-12-11-13-8-6-10(14-11)15-9-4-3-5-9/h6,8-9H,2-5,7H2,1H3,(H,12,13,14). The molecule has 1 aromatic heterocycles. The molecule has 1 saturated carbocycles. The summed E-state index contributed by atoms with van der Waals surface area (Å²) in [5, 5.41) is 3.14. The van der Waals surface area contributed by atoms with Gasteiger partial charge in [-0.25, -0.2) is 4.98 Å². The van der Waals surface area contributed by atoms with Crippen molar-refractivity contribution in [1.29, 1.82) is 0 Å². The summed E-state index contributed by atoms with van der Waals surface area (Å²) in [4.78, 5) is 8.41. The number of nitrogens with one attached hydrogen (secondary N) is 1. The highest BCUT2D eigenvalue weighted by Crippen LogP contribution is 2.23. The van der Waals surface area contributed by atoms with Gasteiger partial charge in [-0.1, -0.05) is 6.92 Å². The smallest absolute Gasteiger partial charge is 0.225 e. The summed E-state index contributed by atoms with van der Waals surface area (Å²) in [6.07, 6.45) is 6.76. The van der Waals surface area contributed by atoms with E-state index in [1.54, 1.807) is 6.20 Å². The molecular formula is C11H17N3O. The number of ether oxygens (including phenoxy) is 1. The van der Waals surface area contributed by atoms with E-state index in [9.17, 15) is 0 Å². The predicted octanol–water partition coefficient (Wildman–Crippen LogP) is 2.23. The van der Waals surface area contributed by atoms with E-state index < -0.39 is 0 Å². The third-order valence-corrected chi connectivity index (χ3v) is 2.50. The molecule has 2 rings (SSSR count). The lowest BCUT2D eigenvalue weighted by Crippen LogP contribution is -2.25. The molecule has 82 valence electrons. The molecule has 4 heteroatoms. The van der Waals surface area contributed by atoms with Crippen molar-refractivity contribution in [3.05, 3.63) is 12.3 Å². The normalized spacial score (nSPS) is 15.8. The van der Waals surface area contributed by atoms with Crippen LogP contribution in [-0.2, 0) is 0 Å². The van der Waals surface area contributed by atoms with Crippen molar-refractivity contribution in [3.63, 3.8) is 0 Å². The molecule has 0 bridgehead atoms. The first-order chi connectivity index (χ1) is 7.38. The topological polar surface area (TPSA) is 47.0 Å². The van der Waals surface area contributed by atoms with Crippen LogP contribution < -0.4 is 10.1 Å². The van der Waals surface area contributed by atoms with E-state index in [-0.39, 0.29) is 0 Å². The van der Waals surface area contributed by atoms with Gasteiger partial charge >= 0.3 is 0 Å². The Morgan fingerprint density at radius 1 is 1.53 bits per heavy atom. The summed E-state index contributed by atoms with van der Waals surface area (Å²) >= 11 is 0. The summed E-state index contributed by atoms with van der Waals surface area (Å²) < 4.78 is 5.68. The van der Waals surface area contributed by atoms with Crippen molar-refractivity contribution in [3.8, 4) is 5.88 Å². The van der Waals surface area contributed by atoms with Gasteiger partial charge in [0.2, 0.25) is 11.8 Å². The SMILES string of the molecule is CCCNc1nccc(OC2CCC2)n1. The minimum Gasteiger partial charge on any atom is -0.474 e. The van der Waals surface area contributed by atoms with Crippen LogP contribution in [0.5, 0.6) is 5.88 Å². The van der Waals surface area contributed by atoms with Gasteiger partial charge in [0.05, 0.1) is 0 Å². The highest BCUT2D eigenvalue weighted by Gasteiger charge is 2.19. The van der Waals surface area contributed by atoms with E-state index >= 15 is 0 Å². The van der Waals surface area contributed by atoms with E-state index in [1.165, 1.54) is 6.42 Å². The van der Waals surface area contributed by atoms with E-state index in [4.69, 9.17) is 4.74 Å². The molecule has 4 nitrogen and oxygen atoms in total. The van der Waals surface area contributed by atoms with Crippen molar-refractivity contribution in [2.75, 3.05) is 11.9 Å². The molecular weight excluding hydrogens is 190 g/mol. The van der Waals surface area contributed by atoms with E-state index in [0.717, 1.165) is 25.8 Å². The molecule has 15 heavy (non-hydrogen) atoms. The molecule has 0 aromatic carbocycles. The second-order valence-corrected chi connectivity index (χ2v) is 3.82. The van der Waals surface area contributed by atoms with Gasteiger partial charge in [-0.15, -0.1) is 0 Å². The number of hydrogen-bond acceptors (Lipinski definition) is 4. The maximum absolute atomic E-state index is 5.68. The lowest BCUT2D eigenvalue weighted by Gasteiger charge is -2.25. The molecule has 0 amide bonds. The first-order valence-corrected chi connectivity index (χ1v) is 5.62. The minimum atomic E-state index is 0.374. The number of anilines is 1. The largest absolute Gasteiger partial charge is 0.474 e. The number of hydrogen-bond donors (Lipinski definition) is 1. The van der Waals surface area contributed by atoms with Crippen molar-refractivity contribution in [2.45, 2.75) is 38.7 Å². The monoisotopic (exact) mass is 207 g/mol. The quantitative estimate of drug-likeness (QED) is 0.804. The van der Waals surface area contributed by atoms with Crippen molar-refractivity contribution < 1.29 is 4.74 Å². The van der Waals surface area contributed by atoms with Gasteiger partial charge in [0.15, 0.2) is 0 Å². The second kappa shape index (κ2) is 4.96. The fourth-order valence-corrected chi connectivity index (χ4v) is 1.39. The first kappa shape index (κ1) is 10.2. The third-order valence-electron chi connectivity index (χ3n) is 2.50.